The monoisotopic (exact) mass is 259 g/mol. The first-order valence-electron chi connectivity index (χ1n) is 4.93. The lowest BCUT2D eigenvalue weighted by Gasteiger charge is -2.08. The van der Waals surface area contributed by atoms with Crippen LogP contribution in [0.5, 0.6) is 0 Å². The van der Waals surface area contributed by atoms with E-state index in [0.29, 0.717) is 11.1 Å². The minimum absolute atomic E-state index is 0.206. The Hall–Kier alpha value is -1.43. The van der Waals surface area contributed by atoms with Gasteiger partial charge in [0.15, 0.2) is 0 Å². The van der Waals surface area contributed by atoms with Crippen molar-refractivity contribution in [2.75, 3.05) is 0 Å². The smallest absolute Gasteiger partial charge is 0.312 e. The van der Waals surface area contributed by atoms with Crippen LogP contribution in [-0.2, 0) is 6.42 Å². The molecule has 0 saturated carbocycles. The SMILES string of the molecule is O=C1NC(=S)c2cccc(CCC(F)(F)F)c21. The van der Waals surface area contributed by atoms with Gasteiger partial charge in [0.05, 0.1) is 5.56 Å². The highest BCUT2D eigenvalue weighted by molar-refractivity contribution is 7.80. The number of alkyl halides is 3. The van der Waals surface area contributed by atoms with Crippen LogP contribution in [0.3, 0.4) is 0 Å². The Bertz CT molecular complexity index is 496. The third-order valence-electron chi connectivity index (χ3n) is 2.53. The van der Waals surface area contributed by atoms with Crippen molar-refractivity contribution >= 4 is 23.1 Å². The highest BCUT2D eigenvalue weighted by Gasteiger charge is 2.30. The number of carbonyl (C=O) groups excluding carboxylic acids is 1. The summed E-state index contributed by atoms with van der Waals surface area (Å²) in [5.41, 5.74) is 1.18. The van der Waals surface area contributed by atoms with Gasteiger partial charge in [-0.3, -0.25) is 4.79 Å². The third-order valence-corrected chi connectivity index (χ3v) is 2.85. The summed E-state index contributed by atoms with van der Waals surface area (Å²) >= 11 is 4.91. The van der Waals surface area contributed by atoms with Crippen molar-refractivity contribution in [3.8, 4) is 0 Å². The fourth-order valence-corrected chi connectivity index (χ4v) is 2.04. The van der Waals surface area contributed by atoms with Gasteiger partial charge in [-0.1, -0.05) is 30.4 Å². The molecule has 2 nitrogen and oxygen atoms in total. The van der Waals surface area contributed by atoms with Gasteiger partial charge in [-0.25, -0.2) is 0 Å². The van der Waals surface area contributed by atoms with E-state index in [1.54, 1.807) is 12.1 Å². The third kappa shape index (κ3) is 2.46. The van der Waals surface area contributed by atoms with E-state index in [0.717, 1.165) is 0 Å². The Morgan fingerprint density at radius 2 is 2.00 bits per heavy atom. The maximum absolute atomic E-state index is 12.1. The number of hydrogen-bond acceptors (Lipinski definition) is 2. The zero-order valence-electron chi connectivity index (χ0n) is 8.60. The average molecular weight is 259 g/mol. The summed E-state index contributed by atoms with van der Waals surface area (Å²) in [6.07, 6.45) is -5.37. The van der Waals surface area contributed by atoms with Gasteiger partial charge < -0.3 is 5.32 Å². The minimum Gasteiger partial charge on any atom is -0.312 e. The van der Waals surface area contributed by atoms with Crippen molar-refractivity contribution in [3.63, 3.8) is 0 Å². The van der Waals surface area contributed by atoms with E-state index in [4.69, 9.17) is 12.2 Å². The number of carbonyl (C=O) groups is 1. The topological polar surface area (TPSA) is 29.1 Å². The van der Waals surface area contributed by atoms with Crippen molar-refractivity contribution in [3.05, 3.63) is 34.9 Å². The second kappa shape index (κ2) is 4.10. The summed E-state index contributed by atoms with van der Waals surface area (Å²) in [6, 6.07) is 4.77. The second-order valence-corrected chi connectivity index (χ2v) is 4.15. The molecule has 0 unspecified atom stereocenters. The molecule has 1 aromatic rings. The predicted molar refractivity (Wildman–Crippen MR) is 60.0 cm³/mol. The molecule has 1 N–H and O–H groups in total. The van der Waals surface area contributed by atoms with Crippen molar-refractivity contribution in [1.29, 1.82) is 0 Å². The Kier molecular flexibility index (Phi) is 2.91. The van der Waals surface area contributed by atoms with Gasteiger partial charge in [0.2, 0.25) is 0 Å². The van der Waals surface area contributed by atoms with E-state index in [-0.39, 0.29) is 17.0 Å². The Morgan fingerprint density at radius 1 is 1.29 bits per heavy atom. The molecule has 0 atom stereocenters. The fourth-order valence-electron chi connectivity index (χ4n) is 1.78. The number of aryl methyl sites for hydroxylation is 1. The van der Waals surface area contributed by atoms with E-state index < -0.39 is 18.5 Å². The lowest BCUT2D eigenvalue weighted by Crippen LogP contribution is -2.19. The molecule has 0 spiro atoms. The maximum atomic E-state index is 12.1. The fraction of sp³-hybridized carbons (Fsp3) is 0.273. The van der Waals surface area contributed by atoms with E-state index in [1.807, 2.05) is 0 Å². The molecule has 0 radical (unpaired) electrons. The van der Waals surface area contributed by atoms with Crippen molar-refractivity contribution in [2.24, 2.45) is 0 Å². The van der Waals surface area contributed by atoms with Gasteiger partial charge in [0.25, 0.3) is 5.91 Å². The van der Waals surface area contributed by atoms with E-state index in [1.165, 1.54) is 6.07 Å². The number of nitrogens with one attached hydrogen (secondary N) is 1. The van der Waals surface area contributed by atoms with Crippen LogP contribution in [0.15, 0.2) is 18.2 Å². The molecular weight excluding hydrogens is 251 g/mol. The van der Waals surface area contributed by atoms with E-state index >= 15 is 0 Å². The molecule has 1 aliphatic rings. The van der Waals surface area contributed by atoms with Crippen LogP contribution in [0.1, 0.15) is 27.9 Å². The van der Waals surface area contributed by atoms with Crippen LogP contribution in [0.4, 0.5) is 13.2 Å². The Balaban J connectivity index is 2.31. The first-order valence-corrected chi connectivity index (χ1v) is 5.33. The van der Waals surface area contributed by atoms with Crippen LogP contribution in [0.2, 0.25) is 0 Å². The molecule has 1 aliphatic heterocycles. The number of hydrogen-bond donors (Lipinski definition) is 1. The molecule has 0 fully saturated rings. The summed E-state index contributed by atoms with van der Waals surface area (Å²) in [6.45, 7) is 0. The standard InChI is InChI=1S/C11H8F3NOS/c12-11(13,14)5-4-6-2-1-3-7-8(6)9(16)15-10(7)17/h1-3H,4-5H2,(H,15,16,17). The average Bonchev–Trinajstić information content (AvgIpc) is 2.52. The number of halogens is 3. The van der Waals surface area contributed by atoms with Gasteiger partial charge >= 0.3 is 6.18 Å². The summed E-state index contributed by atoms with van der Waals surface area (Å²) in [5.74, 6) is -0.414. The molecule has 2 rings (SSSR count). The molecule has 1 aromatic carbocycles. The van der Waals surface area contributed by atoms with Gasteiger partial charge in [0.1, 0.15) is 4.99 Å². The van der Waals surface area contributed by atoms with E-state index in [2.05, 4.69) is 5.32 Å². The summed E-state index contributed by atoms with van der Waals surface area (Å²) < 4.78 is 36.4. The normalized spacial score (nSPS) is 14.8. The zero-order chi connectivity index (χ0) is 12.6. The van der Waals surface area contributed by atoms with Crippen LogP contribution >= 0.6 is 12.2 Å². The molecule has 0 saturated heterocycles. The molecular formula is C11H8F3NOS. The first-order chi connectivity index (χ1) is 7.88. The molecule has 0 aromatic heterocycles. The molecule has 6 heteroatoms. The van der Waals surface area contributed by atoms with Crippen molar-refractivity contribution in [1.82, 2.24) is 5.32 Å². The molecule has 1 amide bonds. The van der Waals surface area contributed by atoms with E-state index in [9.17, 15) is 18.0 Å². The summed E-state index contributed by atoms with van der Waals surface area (Å²) in [4.78, 5) is 11.8. The highest BCUT2D eigenvalue weighted by atomic mass is 32.1. The van der Waals surface area contributed by atoms with Crippen LogP contribution < -0.4 is 5.32 Å². The Morgan fingerprint density at radius 3 is 2.65 bits per heavy atom. The number of benzene rings is 1. The minimum atomic E-state index is -4.22. The van der Waals surface area contributed by atoms with Gasteiger partial charge in [-0.05, 0) is 12.0 Å². The number of fused-ring (bicyclic) bond motifs is 1. The molecule has 0 bridgehead atoms. The number of thiocarbonyl (C=S) groups is 1. The molecule has 0 aliphatic carbocycles. The lowest BCUT2D eigenvalue weighted by molar-refractivity contribution is -0.134. The summed E-state index contributed by atoms with van der Waals surface area (Å²) in [7, 11) is 0. The van der Waals surface area contributed by atoms with Crippen LogP contribution in [-0.4, -0.2) is 17.1 Å². The quantitative estimate of drug-likeness (QED) is 0.827. The van der Waals surface area contributed by atoms with Gasteiger partial charge in [-0.15, -0.1) is 0 Å². The summed E-state index contributed by atoms with van der Waals surface area (Å²) in [5, 5.41) is 2.43. The predicted octanol–water partition coefficient (Wildman–Crippen LogP) is 2.60. The van der Waals surface area contributed by atoms with Crippen LogP contribution in [0.25, 0.3) is 0 Å². The van der Waals surface area contributed by atoms with Gasteiger partial charge in [-0.2, -0.15) is 13.2 Å². The zero-order valence-corrected chi connectivity index (χ0v) is 9.41. The molecule has 17 heavy (non-hydrogen) atoms. The van der Waals surface area contributed by atoms with Gasteiger partial charge in [0, 0.05) is 12.0 Å². The molecule has 1 heterocycles. The Labute approximate surface area is 101 Å². The molecule has 90 valence electrons. The first kappa shape index (κ1) is 12.0. The van der Waals surface area contributed by atoms with Crippen molar-refractivity contribution in [2.45, 2.75) is 19.0 Å². The van der Waals surface area contributed by atoms with Crippen molar-refractivity contribution < 1.29 is 18.0 Å². The number of rotatable bonds is 2. The lowest BCUT2D eigenvalue weighted by atomic mass is 9.99. The second-order valence-electron chi connectivity index (χ2n) is 3.74. The largest absolute Gasteiger partial charge is 0.389 e. The highest BCUT2D eigenvalue weighted by Crippen LogP contribution is 2.26. The van der Waals surface area contributed by atoms with Crippen LogP contribution in [0, 0.1) is 0 Å². The number of amides is 1. The maximum Gasteiger partial charge on any atom is 0.389 e.